The molecular weight excluding hydrogens is 338 g/mol. The molecule has 0 radical (unpaired) electrons. The van der Waals surface area contributed by atoms with Crippen LogP contribution < -0.4 is 10.2 Å². The van der Waals surface area contributed by atoms with Gasteiger partial charge in [-0.2, -0.15) is 4.98 Å². The minimum Gasteiger partial charge on any atom is -0.340 e. The summed E-state index contributed by atoms with van der Waals surface area (Å²) >= 11 is 0. The van der Waals surface area contributed by atoms with Crippen molar-refractivity contribution in [1.82, 2.24) is 14.5 Å². The van der Waals surface area contributed by atoms with Gasteiger partial charge in [-0.15, -0.1) is 0 Å². The number of hydrogen-bond donors (Lipinski definition) is 1. The van der Waals surface area contributed by atoms with Gasteiger partial charge >= 0.3 is 0 Å². The van der Waals surface area contributed by atoms with Crippen molar-refractivity contribution in [3.05, 3.63) is 42.7 Å². The fourth-order valence-electron chi connectivity index (χ4n) is 4.50. The highest BCUT2D eigenvalue weighted by Crippen LogP contribution is 2.37. The molecule has 1 saturated carbocycles. The maximum atomic E-state index is 12.6. The van der Waals surface area contributed by atoms with Crippen molar-refractivity contribution >= 4 is 28.3 Å². The molecule has 2 aromatic heterocycles. The van der Waals surface area contributed by atoms with E-state index in [1.165, 1.54) is 12.8 Å². The zero-order valence-corrected chi connectivity index (χ0v) is 15.4. The van der Waals surface area contributed by atoms with Gasteiger partial charge in [0.15, 0.2) is 5.82 Å². The summed E-state index contributed by atoms with van der Waals surface area (Å²) < 4.78 is 2.01. The van der Waals surface area contributed by atoms with E-state index in [-0.39, 0.29) is 11.9 Å². The number of carbonyl (C=O) groups excluding carboxylic acids is 1. The van der Waals surface area contributed by atoms with Crippen molar-refractivity contribution in [2.75, 3.05) is 10.2 Å². The van der Waals surface area contributed by atoms with Gasteiger partial charge in [-0.3, -0.25) is 9.36 Å². The van der Waals surface area contributed by atoms with E-state index >= 15 is 0 Å². The highest BCUT2D eigenvalue weighted by Gasteiger charge is 2.38. The molecule has 0 saturated heterocycles. The molecule has 27 heavy (non-hydrogen) atoms. The van der Waals surface area contributed by atoms with Crippen LogP contribution in [0.15, 0.2) is 42.7 Å². The number of hydrogen-bond acceptors (Lipinski definition) is 4. The first kappa shape index (κ1) is 16.3. The van der Waals surface area contributed by atoms with E-state index in [0.717, 1.165) is 41.7 Å². The Balaban J connectivity index is 1.64. The number of carbonyl (C=O) groups is 1. The molecule has 1 aliphatic carbocycles. The van der Waals surface area contributed by atoms with Crippen molar-refractivity contribution in [2.24, 2.45) is 0 Å². The Kier molecular flexibility index (Phi) is 3.85. The van der Waals surface area contributed by atoms with Crippen LogP contribution in [0.5, 0.6) is 0 Å². The molecule has 1 fully saturated rings. The van der Waals surface area contributed by atoms with Crippen LogP contribution in [0.3, 0.4) is 0 Å². The third-order valence-corrected chi connectivity index (χ3v) is 5.82. The molecule has 6 heteroatoms. The minimum atomic E-state index is -0.162. The summed E-state index contributed by atoms with van der Waals surface area (Å²) in [5.74, 6) is 1.56. The third-order valence-electron chi connectivity index (χ3n) is 5.82. The Morgan fingerprint density at radius 3 is 2.81 bits per heavy atom. The summed E-state index contributed by atoms with van der Waals surface area (Å²) in [5.41, 5.74) is 1.80. The molecule has 1 amide bonds. The number of aromatic nitrogens is 3. The van der Waals surface area contributed by atoms with Crippen LogP contribution >= 0.6 is 0 Å². The molecule has 0 bridgehead atoms. The minimum absolute atomic E-state index is 0.0552. The predicted octanol–water partition coefficient (Wildman–Crippen LogP) is 3.90. The lowest BCUT2D eigenvalue weighted by Crippen LogP contribution is -2.52. The summed E-state index contributed by atoms with van der Waals surface area (Å²) in [7, 11) is 0. The summed E-state index contributed by atoms with van der Waals surface area (Å²) in [4.78, 5) is 24.4. The van der Waals surface area contributed by atoms with Crippen LogP contribution in [0, 0.1) is 0 Å². The lowest BCUT2D eigenvalue weighted by Gasteiger charge is -2.40. The lowest BCUT2D eigenvalue weighted by atomic mass is 10.0. The molecule has 3 aromatic rings. The average molecular weight is 361 g/mol. The summed E-state index contributed by atoms with van der Waals surface area (Å²) in [6.45, 7) is 2.07. The zero-order chi connectivity index (χ0) is 18.4. The van der Waals surface area contributed by atoms with Crippen molar-refractivity contribution in [1.29, 1.82) is 0 Å². The fourth-order valence-corrected chi connectivity index (χ4v) is 4.50. The first-order valence-corrected chi connectivity index (χ1v) is 9.79. The quantitative estimate of drug-likeness (QED) is 0.768. The Morgan fingerprint density at radius 1 is 1.19 bits per heavy atom. The second-order valence-electron chi connectivity index (χ2n) is 7.41. The van der Waals surface area contributed by atoms with E-state index in [2.05, 4.69) is 40.3 Å². The van der Waals surface area contributed by atoms with E-state index in [1.54, 1.807) is 6.20 Å². The van der Waals surface area contributed by atoms with Crippen LogP contribution in [-0.2, 0) is 4.79 Å². The van der Waals surface area contributed by atoms with Crippen molar-refractivity contribution in [3.63, 3.8) is 0 Å². The van der Waals surface area contributed by atoms with Gasteiger partial charge in [0.2, 0.25) is 11.9 Å². The van der Waals surface area contributed by atoms with Gasteiger partial charge in [0.1, 0.15) is 11.7 Å². The molecule has 5 rings (SSSR count). The number of fused-ring (bicyclic) bond motifs is 2. The van der Waals surface area contributed by atoms with Gasteiger partial charge in [0.05, 0.1) is 11.7 Å². The van der Waals surface area contributed by atoms with E-state index in [9.17, 15) is 4.79 Å². The lowest BCUT2D eigenvalue weighted by molar-refractivity contribution is -0.117. The van der Waals surface area contributed by atoms with Crippen LogP contribution in [0.2, 0.25) is 0 Å². The fraction of sp³-hybridized carbons (Fsp3) is 0.381. The highest BCUT2D eigenvalue weighted by atomic mass is 16.2. The second kappa shape index (κ2) is 6.37. The maximum Gasteiger partial charge on any atom is 0.247 e. The molecule has 6 nitrogen and oxygen atoms in total. The smallest absolute Gasteiger partial charge is 0.247 e. The predicted molar refractivity (Wildman–Crippen MR) is 106 cm³/mol. The Hall–Kier alpha value is -2.89. The van der Waals surface area contributed by atoms with Crippen LogP contribution in [0.1, 0.15) is 39.0 Å². The largest absolute Gasteiger partial charge is 0.340 e. The van der Waals surface area contributed by atoms with Crippen LogP contribution in [0.25, 0.3) is 16.9 Å². The monoisotopic (exact) mass is 361 g/mol. The molecule has 138 valence electrons. The number of amides is 1. The average Bonchev–Trinajstić information content (AvgIpc) is 3.36. The van der Waals surface area contributed by atoms with Crippen molar-refractivity contribution in [3.8, 4) is 5.95 Å². The normalized spacial score (nSPS) is 20.1. The van der Waals surface area contributed by atoms with E-state index in [0.29, 0.717) is 12.0 Å². The SMILES string of the molecule is CC[C@@H]1C(=O)Nc2cnc(-n3ccc4ccccc43)nc2N1C1CCCC1. The van der Waals surface area contributed by atoms with Crippen molar-refractivity contribution in [2.45, 2.75) is 51.1 Å². The standard InChI is InChI=1S/C21H23N5O/c1-2-17-20(27)23-16-13-22-21(24-19(16)26(17)15-8-4-5-9-15)25-12-11-14-7-3-6-10-18(14)25/h3,6-7,10-13,15,17H,2,4-5,8-9H2,1H3,(H,23,27)/t17-/m1/s1. The molecule has 1 aromatic carbocycles. The molecular formula is C21H23N5O. The molecule has 0 spiro atoms. The first-order valence-electron chi connectivity index (χ1n) is 9.79. The van der Waals surface area contributed by atoms with Crippen LogP contribution in [0.4, 0.5) is 11.5 Å². The highest BCUT2D eigenvalue weighted by molar-refractivity contribution is 6.02. The maximum absolute atomic E-state index is 12.6. The summed E-state index contributed by atoms with van der Waals surface area (Å²) in [6.07, 6.45) is 9.20. The van der Waals surface area contributed by atoms with E-state index < -0.39 is 0 Å². The van der Waals surface area contributed by atoms with Crippen LogP contribution in [-0.4, -0.2) is 32.5 Å². The van der Waals surface area contributed by atoms with Gasteiger partial charge in [-0.25, -0.2) is 4.98 Å². The van der Waals surface area contributed by atoms with Gasteiger partial charge in [0.25, 0.3) is 0 Å². The number of rotatable bonds is 3. The van der Waals surface area contributed by atoms with Gasteiger partial charge in [0, 0.05) is 17.6 Å². The number of benzene rings is 1. The molecule has 0 unspecified atom stereocenters. The Bertz CT molecular complexity index is 1000. The molecule has 1 aliphatic heterocycles. The molecule has 3 heterocycles. The Labute approximate surface area is 158 Å². The topological polar surface area (TPSA) is 63.1 Å². The van der Waals surface area contributed by atoms with Gasteiger partial charge in [-0.05, 0) is 31.4 Å². The van der Waals surface area contributed by atoms with Crippen molar-refractivity contribution < 1.29 is 4.79 Å². The molecule has 1 atom stereocenters. The number of anilines is 2. The van der Waals surface area contributed by atoms with Gasteiger partial charge < -0.3 is 10.2 Å². The number of nitrogens with zero attached hydrogens (tertiary/aromatic N) is 4. The summed E-state index contributed by atoms with van der Waals surface area (Å²) in [6, 6.07) is 10.5. The molecule has 2 aliphatic rings. The first-order chi connectivity index (χ1) is 13.3. The third kappa shape index (κ3) is 2.59. The molecule has 1 N–H and O–H groups in total. The van der Waals surface area contributed by atoms with Gasteiger partial charge in [-0.1, -0.05) is 38.0 Å². The number of para-hydroxylation sites is 1. The zero-order valence-electron chi connectivity index (χ0n) is 15.4. The van der Waals surface area contributed by atoms with E-state index in [1.807, 2.05) is 22.9 Å². The summed E-state index contributed by atoms with van der Waals surface area (Å²) in [5, 5.41) is 4.17. The number of nitrogens with one attached hydrogen (secondary N) is 1. The Morgan fingerprint density at radius 2 is 2.00 bits per heavy atom. The second-order valence-corrected chi connectivity index (χ2v) is 7.41. The van der Waals surface area contributed by atoms with E-state index in [4.69, 9.17) is 4.98 Å².